The molecule has 4 aromatic rings. The van der Waals surface area contributed by atoms with Crippen molar-refractivity contribution in [3.8, 4) is 17.6 Å². The molecule has 0 fully saturated rings. The third-order valence-corrected chi connectivity index (χ3v) is 5.49. The number of rotatable bonds is 6. The molecule has 0 aliphatic carbocycles. The van der Waals surface area contributed by atoms with Gasteiger partial charge in [-0.25, -0.2) is 0 Å². The van der Waals surface area contributed by atoms with Crippen molar-refractivity contribution in [2.75, 3.05) is 5.32 Å². The molecule has 1 N–H and O–H groups in total. The summed E-state index contributed by atoms with van der Waals surface area (Å²) in [5, 5.41) is 12.3. The summed E-state index contributed by atoms with van der Waals surface area (Å²) in [6.45, 7) is 0. The van der Waals surface area contributed by atoms with Gasteiger partial charge in [-0.3, -0.25) is 9.78 Å². The minimum atomic E-state index is -0.237. The predicted molar refractivity (Wildman–Crippen MR) is 120 cm³/mol. The molecule has 31 heavy (non-hydrogen) atoms. The fourth-order valence-corrected chi connectivity index (χ4v) is 3.91. The van der Waals surface area contributed by atoms with Gasteiger partial charge in [0.25, 0.3) is 5.91 Å². The maximum Gasteiger partial charge on any atom is 0.256 e. The first-order valence-electron chi connectivity index (χ1n) is 9.48. The van der Waals surface area contributed by atoms with Gasteiger partial charge in [0.1, 0.15) is 17.6 Å². The Morgan fingerprint density at radius 2 is 1.61 bits per heavy atom. The summed E-state index contributed by atoms with van der Waals surface area (Å²) >= 11 is 1.40. The number of nitrogens with one attached hydrogen (secondary N) is 1. The highest BCUT2D eigenvalue weighted by Gasteiger charge is 2.14. The van der Waals surface area contributed by atoms with E-state index in [1.54, 1.807) is 48.8 Å². The van der Waals surface area contributed by atoms with Gasteiger partial charge in [-0.05, 0) is 48.5 Å². The first kappa shape index (κ1) is 20.2. The Balaban J connectivity index is 1.53. The number of hydrogen-bond donors (Lipinski definition) is 1. The number of anilines is 1. The van der Waals surface area contributed by atoms with Crippen LogP contribution in [0.3, 0.4) is 0 Å². The number of nitrogens with zero attached hydrogens (tertiary/aromatic N) is 2. The highest BCUT2D eigenvalue weighted by molar-refractivity contribution is 7.99. The quantitative estimate of drug-likeness (QED) is 0.403. The van der Waals surface area contributed by atoms with Crippen molar-refractivity contribution in [3.05, 3.63) is 108 Å². The molecule has 0 bridgehead atoms. The number of carbonyl (C=O) groups is 1. The van der Waals surface area contributed by atoms with Gasteiger partial charge in [0.05, 0.1) is 11.1 Å². The number of benzene rings is 3. The summed E-state index contributed by atoms with van der Waals surface area (Å²) in [6, 6.07) is 27.6. The third-order valence-electron chi connectivity index (χ3n) is 4.34. The van der Waals surface area contributed by atoms with E-state index in [0.717, 1.165) is 9.79 Å². The van der Waals surface area contributed by atoms with Gasteiger partial charge >= 0.3 is 0 Å². The monoisotopic (exact) mass is 423 g/mol. The van der Waals surface area contributed by atoms with E-state index in [9.17, 15) is 10.1 Å². The van der Waals surface area contributed by atoms with Crippen LogP contribution in [-0.4, -0.2) is 10.9 Å². The molecule has 0 aliphatic rings. The summed E-state index contributed by atoms with van der Waals surface area (Å²) in [5.41, 5.74) is 1.72. The zero-order valence-corrected chi connectivity index (χ0v) is 17.2. The normalized spacial score (nSPS) is 10.2. The summed E-state index contributed by atoms with van der Waals surface area (Å²) in [4.78, 5) is 18.6. The van der Waals surface area contributed by atoms with Crippen LogP contribution in [0.1, 0.15) is 15.9 Å². The van der Waals surface area contributed by atoms with Gasteiger partial charge in [0.15, 0.2) is 0 Å². The molecule has 1 heterocycles. The zero-order chi connectivity index (χ0) is 21.5. The molecule has 1 aromatic heterocycles. The van der Waals surface area contributed by atoms with E-state index in [4.69, 9.17) is 4.74 Å². The Hall–Kier alpha value is -4.08. The molecule has 0 aliphatic heterocycles. The molecule has 4 rings (SSSR count). The molecular weight excluding hydrogens is 406 g/mol. The van der Waals surface area contributed by atoms with Crippen LogP contribution in [0.2, 0.25) is 0 Å². The minimum Gasteiger partial charge on any atom is -0.457 e. The maximum absolute atomic E-state index is 13.0. The molecule has 5 nitrogen and oxygen atoms in total. The zero-order valence-electron chi connectivity index (χ0n) is 16.4. The first-order valence-corrected chi connectivity index (χ1v) is 10.3. The van der Waals surface area contributed by atoms with Crippen molar-refractivity contribution in [3.63, 3.8) is 0 Å². The fraction of sp³-hybridized carbons (Fsp3) is 0. The van der Waals surface area contributed by atoms with Crippen LogP contribution in [0.5, 0.6) is 11.5 Å². The van der Waals surface area contributed by atoms with Crippen LogP contribution in [0.25, 0.3) is 0 Å². The first-order chi connectivity index (χ1) is 15.2. The Bertz CT molecular complexity index is 1250. The Morgan fingerprint density at radius 3 is 2.42 bits per heavy atom. The maximum atomic E-state index is 13.0. The molecule has 0 radical (unpaired) electrons. The van der Waals surface area contributed by atoms with Crippen LogP contribution >= 0.6 is 11.8 Å². The molecule has 150 valence electrons. The van der Waals surface area contributed by atoms with Crippen LogP contribution in [0.15, 0.2) is 107 Å². The SMILES string of the molecule is N#Cc1ccccc1Sc1ccccc1C(=O)Nc1cccc(Oc2ccncc2)c1. The van der Waals surface area contributed by atoms with E-state index >= 15 is 0 Å². The number of carbonyl (C=O) groups excluding carboxylic acids is 1. The summed E-state index contributed by atoms with van der Waals surface area (Å²) in [7, 11) is 0. The second-order valence-corrected chi connectivity index (χ2v) is 7.56. The summed E-state index contributed by atoms with van der Waals surface area (Å²) < 4.78 is 5.81. The second kappa shape index (κ2) is 9.61. The number of aromatic nitrogens is 1. The van der Waals surface area contributed by atoms with Crippen molar-refractivity contribution in [1.29, 1.82) is 5.26 Å². The lowest BCUT2D eigenvalue weighted by atomic mass is 10.2. The van der Waals surface area contributed by atoms with Crippen molar-refractivity contribution >= 4 is 23.4 Å². The number of amides is 1. The molecule has 0 saturated heterocycles. The predicted octanol–water partition coefficient (Wildman–Crippen LogP) is 6.15. The van der Waals surface area contributed by atoms with E-state index in [0.29, 0.717) is 28.3 Å². The van der Waals surface area contributed by atoms with E-state index < -0.39 is 0 Å². The van der Waals surface area contributed by atoms with E-state index in [2.05, 4.69) is 16.4 Å². The number of nitriles is 1. The van der Waals surface area contributed by atoms with Gasteiger partial charge < -0.3 is 10.1 Å². The molecule has 0 unspecified atom stereocenters. The highest BCUT2D eigenvalue weighted by atomic mass is 32.2. The number of ether oxygens (including phenoxy) is 1. The average molecular weight is 423 g/mol. The standard InChI is InChI=1S/C25H17N3O2S/c26-17-18-6-1-3-10-23(18)31-24-11-4-2-9-22(24)25(29)28-19-7-5-8-21(16-19)30-20-12-14-27-15-13-20/h1-16H,(H,28,29). The smallest absolute Gasteiger partial charge is 0.256 e. The van der Waals surface area contributed by atoms with E-state index in [1.807, 2.05) is 48.5 Å². The molecule has 3 aromatic carbocycles. The van der Waals surface area contributed by atoms with Crippen LogP contribution in [-0.2, 0) is 0 Å². The van der Waals surface area contributed by atoms with Gasteiger partial charge in [0.2, 0.25) is 0 Å². The molecule has 0 atom stereocenters. The van der Waals surface area contributed by atoms with E-state index in [1.165, 1.54) is 11.8 Å². The number of pyridine rings is 1. The number of hydrogen-bond acceptors (Lipinski definition) is 5. The largest absolute Gasteiger partial charge is 0.457 e. The van der Waals surface area contributed by atoms with Crippen LogP contribution in [0, 0.1) is 11.3 Å². The van der Waals surface area contributed by atoms with Crippen molar-refractivity contribution in [1.82, 2.24) is 4.98 Å². The van der Waals surface area contributed by atoms with Crippen molar-refractivity contribution in [2.45, 2.75) is 9.79 Å². The molecule has 1 amide bonds. The third kappa shape index (κ3) is 5.10. The molecule has 6 heteroatoms. The summed E-state index contributed by atoms with van der Waals surface area (Å²) in [5.74, 6) is 1.03. The lowest BCUT2D eigenvalue weighted by molar-refractivity contribution is 0.102. The van der Waals surface area contributed by atoms with Crippen molar-refractivity contribution < 1.29 is 9.53 Å². The van der Waals surface area contributed by atoms with Crippen molar-refractivity contribution in [2.24, 2.45) is 0 Å². The lowest BCUT2D eigenvalue weighted by Gasteiger charge is -2.12. The fourth-order valence-electron chi connectivity index (χ4n) is 2.89. The van der Waals surface area contributed by atoms with Gasteiger partial charge in [0, 0.05) is 33.9 Å². The second-order valence-electron chi connectivity index (χ2n) is 6.47. The van der Waals surface area contributed by atoms with Gasteiger partial charge in [-0.15, -0.1) is 0 Å². The molecular formula is C25H17N3O2S. The molecule has 0 spiro atoms. The molecule has 0 saturated carbocycles. The van der Waals surface area contributed by atoms with E-state index in [-0.39, 0.29) is 5.91 Å². The Labute approximate surface area is 184 Å². The minimum absolute atomic E-state index is 0.237. The lowest BCUT2D eigenvalue weighted by Crippen LogP contribution is -2.13. The topological polar surface area (TPSA) is 75.0 Å². The Morgan fingerprint density at radius 1 is 0.871 bits per heavy atom. The van der Waals surface area contributed by atoms with Crippen LogP contribution < -0.4 is 10.1 Å². The van der Waals surface area contributed by atoms with Gasteiger partial charge in [-0.1, -0.05) is 42.1 Å². The highest BCUT2D eigenvalue weighted by Crippen LogP contribution is 2.33. The van der Waals surface area contributed by atoms with Crippen LogP contribution in [0.4, 0.5) is 5.69 Å². The average Bonchev–Trinajstić information content (AvgIpc) is 2.81. The van der Waals surface area contributed by atoms with Gasteiger partial charge in [-0.2, -0.15) is 5.26 Å². The Kier molecular flexibility index (Phi) is 6.26. The summed E-state index contributed by atoms with van der Waals surface area (Å²) in [6.07, 6.45) is 3.31.